The molecule has 0 saturated carbocycles. The fraction of sp³-hybridized carbons (Fsp3) is 0.125. The number of aromatic nitrogens is 2. The third kappa shape index (κ3) is 2.69. The molecule has 2 heterocycles. The van der Waals surface area contributed by atoms with Gasteiger partial charge in [-0.25, -0.2) is 4.98 Å². The predicted molar refractivity (Wildman–Crippen MR) is 78.6 cm³/mol. The van der Waals surface area contributed by atoms with Gasteiger partial charge in [0.1, 0.15) is 0 Å². The van der Waals surface area contributed by atoms with Gasteiger partial charge < -0.3 is 9.72 Å². The second-order valence-electron chi connectivity index (χ2n) is 4.61. The Hall–Kier alpha value is -2.62. The summed E-state index contributed by atoms with van der Waals surface area (Å²) in [5.74, 6) is 0.00459. The first-order chi connectivity index (χ1) is 9.83. The molecule has 0 aliphatic rings. The largest absolute Gasteiger partial charge is 0.323 e. The molecule has 0 spiro atoms. The molecule has 4 heteroatoms. The number of hydrogen-bond acceptors (Lipinski definition) is 2. The number of anilines is 1. The zero-order valence-electron chi connectivity index (χ0n) is 11.0. The number of carbonyl (C=O) groups excluding carboxylic acids is 1. The molecule has 1 aromatic carbocycles. The lowest BCUT2D eigenvalue weighted by Gasteiger charge is -2.06. The van der Waals surface area contributed by atoms with Crippen LogP contribution in [0.3, 0.4) is 0 Å². The Balaban J connectivity index is 1.66. The Labute approximate surface area is 117 Å². The SMILES string of the molecule is O=C(CCc1ccccc1)Nc1cccn2ccnc12. The molecule has 0 unspecified atom stereocenters. The standard InChI is InChI=1S/C16H15N3O/c20-15(9-8-13-5-2-1-3-6-13)18-14-7-4-11-19-12-10-17-16(14)19/h1-7,10-12H,8-9H2,(H,18,20). The Bertz CT molecular complexity index is 719. The topological polar surface area (TPSA) is 46.4 Å². The van der Waals surface area contributed by atoms with Gasteiger partial charge in [-0.05, 0) is 24.1 Å². The highest BCUT2D eigenvalue weighted by atomic mass is 16.1. The van der Waals surface area contributed by atoms with E-state index in [-0.39, 0.29) is 5.91 Å². The summed E-state index contributed by atoms with van der Waals surface area (Å²) in [5, 5.41) is 2.92. The van der Waals surface area contributed by atoms with Crippen LogP contribution in [0, 0.1) is 0 Å². The highest BCUT2D eigenvalue weighted by molar-refractivity contribution is 5.94. The van der Waals surface area contributed by atoms with Gasteiger partial charge in [-0.2, -0.15) is 0 Å². The number of rotatable bonds is 4. The van der Waals surface area contributed by atoms with Crippen molar-refractivity contribution in [3.05, 3.63) is 66.6 Å². The van der Waals surface area contributed by atoms with Gasteiger partial charge >= 0.3 is 0 Å². The molecule has 2 aromatic heterocycles. The van der Waals surface area contributed by atoms with E-state index in [0.29, 0.717) is 6.42 Å². The number of fused-ring (bicyclic) bond motifs is 1. The number of imidazole rings is 1. The number of hydrogen-bond donors (Lipinski definition) is 1. The monoisotopic (exact) mass is 265 g/mol. The average molecular weight is 265 g/mol. The van der Waals surface area contributed by atoms with Gasteiger partial charge in [0.2, 0.25) is 5.91 Å². The molecule has 0 aliphatic heterocycles. The first-order valence-corrected chi connectivity index (χ1v) is 6.58. The molecule has 20 heavy (non-hydrogen) atoms. The molecule has 0 fully saturated rings. The van der Waals surface area contributed by atoms with Crippen LogP contribution in [-0.4, -0.2) is 15.3 Å². The van der Waals surface area contributed by atoms with Gasteiger partial charge in [-0.3, -0.25) is 4.79 Å². The number of nitrogens with one attached hydrogen (secondary N) is 1. The molecule has 4 nitrogen and oxygen atoms in total. The Morgan fingerprint density at radius 1 is 1.10 bits per heavy atom. The van der Waals surface area contributed by atoms with E-state index >= 15 is 0 Å². The summed E-state index contributed by atoms with van der Waals surface area (Å²) < 4.78 is 1.88. The van der Waals surface area contributed by atoms with Crippen LogP contribution in [0.25, 0.3) is 5.65 Å². The molecule has 0 saturated heterocycles. The molecule has 100 valence electrons. The Kier molecular flexibility index (Phi) is 3.46. The molecule has 0 bridgehead atoms. The Morgan fingerprint density at radius 3 is 2.80 bits per heavy atom. The normalized spacial score (nSPS) is 10.6. The third-order valence-electron chi connectivity index (χ3n) is 3.18. The number of carbonyl (C=O) groups is 1. The second kappa shape index (κ2) is 5.57. The van der Waals surface area contributed by atoms with Crippen molar-refractivity contribution in [2.45, 2.75) is 12.8 Å². The number of aryl methyl sites for hydroxylation is 1. The van der Waals surface area contributed by atoms with E-state index in [1.807, 2.05) is 59.3 Å². The fourth-order valence-corrected chi connectivity index (χ4v) is 2.16. The minimum absolute atomic E-state index is 0.00459. The van der Waals surface area contributed by atoms with Gasteiger partial charge in [0, 0.05) is 25.0 Å². The van der Waals surface area contributed by atoms with Gasteiger partial charge in [-0.1, -0.05) is 30.3 Å². The zero-order valence-corrected chi connectivity index (χ0v) is 11.0. The number of nitrogens with zero attached hydrogens (tertiary/aromatic N) is 2. The summed E-state index contributed by atoms with van der Waals surface area (Å²) in [5.41, 5.74) is 2.68. The van der Waals surface area contributed by atoms with Gasteiger partial charge in [-0.15, -0.1) is 0 Å². The molecule has 3 rings (SSSR count). The number of pyridine rings is 1. The van der Waals surface area contributed by atoms with Crippen LogP contribution in [0.2, 0.25) is 0 Å². The van der Waals surface area contributed by atoms with Crippen molar-refractivity contribution < 1.29 is 4.79 Å². The highest BCUT2D eigenvalue weighted by Gasteiger charge is 2.07. The van der Waals surface area contributed by atoms with E-state index < -0.39 is 0 Å². The van der Waals surface area contributed by atoms with E-state index in [1.54, 1.807) is 6.20 Å². The lowest BCUT2D eigenvalue weighted by molar-refractivity contribution is -0.116. The lowest BCUT2D eigenvalue weighted by Crippen LogP contribution is -2.13. The quantitative estimate of drug-likeness (QED) is 0.788. The van der Waals surface area contributed by atoms with Crippen LogP contribution in [-0.2, 0) is 11.2 Å². The Morgan fingerprint density at radius 2 is 1.95 bits per heavy atom. The number of amides is 1. The summed E-state index contributed by atoms with van der Waals surface area (Å²) in [4.78, 5) is 16.2. The number of benzene rings is 1. The van der Waals surface area contributed by atoms with Crippen LogP contribution in [0.4, 0.5) is 5.69 Å². The summed E-state index contributed by atoms with van der Waals surface area (Å²) >= 11 is 0. The minimum Gasteiger partial charge on any atom is -0.323 e. The summed E-state index contributed by atoms with van der Waals surface area (Å²) in [6.07, 6.45) is 6.68. The van der Waals surface area contributed by atoms with Gasteiger partial charge in [0.25, 0.3) is 0 Å². The molecule has 0 aliphatic carbocycles. The molecule has 0 radical (unpaired) electrons. The predicted octanol–water partition coefficient (Wildman–Crippen LogP) is 2.91. The molecular formula is C16H15N3O. The van der Waals surface area contributed by atoms with E-state index in [2.05, 4.69) is 10.3 Å². The van der Waals surface area contributed by atoms with Crippen molar-refractivity contribution in [1.29, 1.82) is 0 Å². The zero-order chi connectivity index (χ0) is 13.8. The van der Waals surface area contributed by atoms with Crippen LogP contribution in [0.1, 0.15) is 12.0 Å². The second-order valence-corrected chi connectivity index (χ2v) is 4.61. The molecule has 0 atom stereocenters. The van der Waals surface area contributed by atoms with Crippen molar-refractivity contribution in [1.82, 2.24) is 9.38 Å². The summed E-state index contributed by atoms with van der Waals surface area (Å²) in [6, 6.07) is 13.8. The molecular weight excluding hydrogens is 250 g/mol. The van der Waals surface area contributed by atoms with Crippen LogP contribution in [0.5, 0.6) is 0 Å². The van der Waals surface area contributed by atoms with Crippen LogP contribution in [0.15, 0.2) is 61.1 Å². The van der Waals surface area contributed by atoms with Crippen molar-refractivity contribution in [2.24, 2.45) is 0 Å². The summed E-state index contributed by atoms with van der Waals surface area (Å²) in [6.45, 7) is 0. The van der Waals surface area contributed by atoms with E-state index in [9.17, 15) is 4.79 Å². The van der Waals surface area contributed by atoms with Gasteiger partial charge in [0.05, 0.1) is 5.69 Å². The van der Waals surface area contributed by atoms with Gasteiger partial charge in [0.15, 0.2) is 5.65 Å². The first kappa shape index (κ1) is 12.4. The minimum atomic E-state index is 0.00459. The third-order valence-corrected chi connectivity index (χ3v) is 3.18. The van der Waals surface area contributed by atoms with Crippen molar-refractivity contribution >= 4 is 17.2 Å². The van der Waals surface area contributed by atoms with E-state index in [4.69, 9.17) is 0 Å². The maximum absolute atomic E-state index is 12.0. The average Bonchev–Trinajstić information content (AvgIpc) is 2.96. The lowest BCUT2D eigenvalue weighted by atomic mass is 10.1. The smallest absolute Gasteiger partial charge is 0.224 e. The van der Waals surface area contributed by atoms with Crippen molar-refractivity contribution in [3.63, 3.8) is 0 Å². The van der Waals surface area contributed by atoms with E-state index in [0.717, 1.165) is 17.8 Å². The summed E-state index contributed by atoms with van der Waals surface area (Å²) in [7, 11) is 0. The van der Waals surface area contributed by atoms with Crippen molar-refractivity contribution in [2.75, 3.05) is 5.32 Å². The maximum atomic E-state index is 12.0. The molecule has 1 N–H and O–H groups in total. The maximum Gasteiger partial charge on any atom is 0.224 e. The first-order valence-electron chi connectivity index (χ1n) is 6.58. The molecule has 1 amide bonds. The van der Waals surface area contributed by atoms with Crippen LogP contribution < -0.4 is 5.32 Å². The highest BCUT2D eigenvalue weighted by Crippen LogP contribution is 2.15. The van der Waals surface area contributed by atoms with Crippen molar-refractivity contribution in [3.8, 4) is 0 Å². The van der Waals surface area contributed by atoms with Crippen LogP contribution >= 0.6 is 0 Å². The fourth-order valence-electron chi connectivity index (χ4n) is 2.16. The van der Waals surface area contributed by atoms with E-state index in [1.165, 1.54) is 5.56 Å². The molecule has 3 aromatic rings.